The van der Waals surface area contributed by atoms with Gasteiger partial charge >= 0.3 is 11.4 Å². The third-order valence-corrected chi connectivity index (χ3v) is 4.77. The Kier molecular flexibility index (Phi) is 5.04. The van der Waals surface area contributed by atoms with Crippen LogP contribution in [0.1, 0.15) is 12.1 Å². The van der Waals surface area contributed by atoms with Crippen LogP contribution in [0.25, 0.3) is 22.3 Å². The van der Waals surface area contributed by atoms with Crippen LogP contribution in [0.5, 0.6) is 0 Å². The Morgan fingerprint density at radius 3 is 2.44 bits per heavy atom. The van der Waals surface area contributed by atoms with E-state index in [1.807, 2.05) is 18.2 Å². The molecular formula is C19H18ClN5O2. The van der Waals surface area contributed by atoms with E-state index in [2.05, 4.69) is 4.90 Å². The third kappa shape index (κ3) is 3.10. The van der Waals surface area contributed by atoms with E-state index in [1.54, 1.807) is 36.4 Å². The maximum absolute atomic E-state index is 12.9. The minimum absolute atomic E-state index is 0. The normalized spacial score (nSPS) is 16.1. The van der Waals surface area contributed by atoms with Crippen molar-refractivity contribution in [2.75, 3.05) is 18.0 Å². The lowest BCUT2D eigenvalue weighted by Crippen LogP contribution is -2.43. The standard InChI is InChI=1S/C19H17N5O2.ClH/c20-11-18-19(13-4-2-1-3-5-13)24(26)16-7-6-15(10-17(16)23(18)25)22-9-8-14(21)12-22;/h1-7,10,14H,8-9,12,21H2;1H/t14-;/m0./s1. The van der Waals surface area contributed by atoms with Gasteiger partial charge in [-0.2, -0.15) is 9.99 Å². The lowest BCUT2D eigenvalue weighted by molar-refractivity contribution is -0.622. The Morgan fingerprint density at radius 2 is 1.81 bits per heavy atom. The van der Waals surface area contributed by atoms with Gasteiger partial charge in [-0.1, -0.05) is 18.2 Å². The molecule has 0 radical (unpaired) electrons. The second-order valence-corrected chi connectivity index (χ2v) is 6.43. The van der Waals surface area contributed by atoms with Crippen molar-refractivity contribution in [1.82, 2.24) is 0 Å². The molecule has 7 nitrogen and oxygen atoms in total. The maximum Gasteiger partial charge on any atom is 0.369 e. The summed E-state index contributed by atoms with van der Waals surface area (Å²) in [6.07, 6.45) is 0.882. The van der Waals surface area contributed by atoms with E-state index in [-0.39, 0.29) is 40.9 Å². The summed E-state index contributed by atoms with van der Waals surface area (Å²) in [6, 6.07) is 15.8. The van der Waals surface area contributed by atoms with Gasteiger partial charge in [0, 0.05) is 37.0 Å². The summed E-state index contributed by atoms with van der Waals surface area (Å²) < 4.78 is 1.21. The minimum Gasteiger partial charge on any atom is -0.617 e. The van der Waals surface area contributed by atoms with Gasteiger partial charge in [-0.05, 0) is 24.6 Å². The van der Waals surface area contributed by atoms with Crippen molar-refractivity contribution in [3.05, 3.63) is 64.6 Å². The Morgan fingerprint density at radius 1 is 1.07 bits per heavy atom. The number of halogens is 1. The average molecular weight is 384 g/mol. The van der Waals surface area contributed by atoms with Gasteiger partial charge in [-0.25, -0.2) is 0 Å². The number of aromatic nitrogens is 2. The lowest BCUT2D eigenvalue weighted by Gasteiger charge is -2.18. The molecule has 0 saturated carbocycles. The number of hydrogen-bond acceptors (Lipinski definition) is 5. The van der Waals surface area contributed by atoms with Gasteiger partial charge in [-0.15, -0.1) is 17.1 Å². The van der Waals surface area contributed by atoms with E-state index in [1.165, 1.54) is 0 Å². The zero-order chi connectivity index (χ0) is 18.3. The largest absolute Gasteiger partial charge is 0.617 e. The molecule has 0 bridgehead atoms. The van der Waals surface area contributed by atoms with Crippen molar-refractivity contribution in [3.8, 4) is 17.3 Å². The van der Waals surface area contributed by atoms with Crippen LogP contribution in [0.4, 0.5) is 5.69 Å². The van der Waals surface area contributed by atoms with E-state index in [0.717, 1.165) is 18.7 Å². The first-order valence-corrected chi connectivity index (χ1v) is 8.39. The highest BCUT2D eigenvalue weighted by atomic mass is 35.5. The van der Waals surface area contributed by atoms with Crippen molar-refractivity contribution >= 4 is 29.1 Å². The van der Waals surface area contributed by atoms with Gasteiger partial charge in [0.25, 0.3) is 11.0 Å². The monoisotopic (exact) mass is 383 g/mol. The third-order valence-electron chi connectivity index (χ3n) is 4.77. The molecule has 138 valence electrons. The lowest BCUT2D eigenvalue weighted by atomic mass is 10.1. The molecule has 1 aromatic heterocycles. The molecule has 1 aliphatic rings. The Hall–Kier alpha value is -3.08. The molecule has 1 atom stereocenters. The summed E-state index contributed by atoms with van der Waals surface area (Å²) in [5.74, 6) is 0. The number of fused-ring (bicyclic) bond motifs is 1. The van der Waals surface area contributed by atoms with Crippen LogP contribution in [0, 0.1) is 21.7 Å². The van der Waals surface area contributed by atoms with Gasteiger partial charge < -0.3 is 21.0 Å². The highest BCUT2D eigenvalue weighted by molar-refractivity contribution is 5.85. The van der Waals surface area contributed by atoms with E-state index < -0.39 is 0 Å². The average Bonchev–Trinajstić information content (AvgIpc) is 3.11. The summed E-state index contributed by atoms with van der Waals surface area (Å²) in [5, 5.41) is 35.3. The van der Waals surface area contributed by atoms with Crippen LogP contribution in [0.3, 0.4) is 0 Å². The predicted molar refractivity (Wildman–Crippen MR) is 104 cm³/mol. The summed E-state index contributed by atoms with van der Waals surface area (Å²) in [6.45, 7) is 1.51. The van der Waals surface area contributed by atoms with Crippen LogP contribution in [-0.4, -0.2) is 19.1 Å². The molecule has 2 heterocycles. The zero-order valence-corrected chi connectivity index (χ0v) is 15.2. The molecule has 1 saturated heterocycles. The van der Waals surface area contributed by atoms with E-state index in [9.17, 15) is 15.7 Å². The van der Waals surface area contributed by atoms with Gasteiger partial charge in [0.05, 0.1) is 5.56 Å². The van der Waals surface area contributed by atoms with Crippen LogP contribution < -0.4 is 20.1 Å². The first-order valence-electron chi connectivity index (χ1n) is 8.39. The molecule has 4 rings (SSSR count). The molecule has 1 fully saturated rings. The number of nitrogens with two attached hydrogens (primary N) is 1. The Bertz CT molecular complexity index is 1040. The summed E-state index contributed by atoms with van der Waals surface area (Å²) in [4.78, 5) is 2.08. The molecular weight excluding hydrogens is 366 g/mol. The highest BCUT2D eigenvalue weighted by Gasteiger charge is 2.30. The Balaban J connectivity index is 0.00000210. The number of anilines is 1. The molecule has 1 aliphatic heterocycles. The SMILES string of the molecule is Cl.N#Cc1c(-c2ccccc2)[n+]([O-])c2ccc(N3CC[C@H](N)C3)cc2[n+]1[O-]. The van der Waals surface area contributed by atoms with Gasteiger partial charge in [0.2, 0.25) is 0 Å². The number of nitriles is 1. The first kappa shape index (κ1) is 18.7. The topological polar surface area (TPSA) is 107 Å². The van der Waals surface area contributed by atoms with Crippen LogP contribution in [-0.2, 0) is 0 Å². The number of rotatable bonds is 2. The number of hydrogen-bond donors (Lipinski definition) is 1. The van der Waals surface area contributed by atoms with Gasteiger partial charge in [0.1, 0.15) is 0 Å². The van der Waals surface area contributed by atoms with E-state index >= 15 is 0 Å². The second-order valence-electron chi connectivity index (χ2n) is 6.43. The molecule has 0 aliphatic carbocycles. The number of nitrogens with zero attached hydrogens (tertiary/aromatic N) is 4. The summed E-state index contributed by atoms with van der Waals surface area (Å²) in [5.41, 5.74) is 7.56. The smallest absolute Gasteiger partial charge is 0.369 e. The Labute approximate surface area is 162 Å². The second kappa shape index (κ2) is 7.27. The minimum atomic E-state index is -0.214. The highest BCUT2D eigenvalue weighted by Crippen LogP contribution is 2.25. The zero-order valence-electron chi connectivity index (χ0n) is 14.4. The molecule has 0 unspecified atom stereocenters. The van der Waals surface area contributed by atoms with E-state index in [0.29, 0.717) is 21.6 Å². The van der Waals surface area contributed by atoms with Crippen molar-refractivity contribution in [1.29, 1.82) is 5.26 Å². The quantitative estimate of drug-likeness (QED) is 0.534. The fourth-order valence-electron chi connectivity index (χ4n) is 3.45. The molecule has 0 amide bonds. The van der Waals surface area contributed by atoms with E-state index in [4.69, 9.17) is 5.73 Å². The first-order chi connectivity index (χ1) is 12.6. The molecule has 0 spiro atoms. The van der Waals surface area contributed by atoms with Crippen molar-refractivity contribution in [2.45, 2.75) is 12.5 Å². The van der Waals surface area contributed by atoms with Crippen molar-refractivity contribution in [3.63, 3.8) is 0 Å². The molecule has 27 heavy (non-hydrogen) atoms. The summed E-state index contributed by atoms with van der Waals surface area (Å²) in [7, 11) is 0. The van der Waals surface area contributed by atoms with Crippen LogP contribution in [0.15, 0.2) is 48.5 Å². The van der Waals surface area contributed by atoms with Gasteiger partial charge in [-0.3, -0.25) is 0 Å². The fourth-order valence-corrected chi connectivity index (χ4v) is 3.45. The predicted octanol–water partition coefficient (Wildman–Crippen LogP) is 1.60. The van der Waals surface area contributed by atoms with Crippen molar-refractivity contribution < 1.29 is 9.46 Å². The van der Waals surface area contributed by atoms with Crippen LogP contribution in [0.2, 0.25) is 0 Å². The maximum atomic E-state index is 12.9. The molecule has 3 aromatic rings. The van der Waals surface area contributed by atoms with Crippen LogP contribution >= 0.6 is 12.4 Å². The molecule has 2 aromatic carbocycles. The number of benzene rings is 2. The molecule has 8 heteroatoms. The van der Waals surface area contributed by atoms with Gasteiger partial charge in [0.15, 0.2) is 6.07 Å². The summed E-state index contributed by atoms with van der Waals surface area (Å²) >= 11 is 0. The fraction of sp³-hybridized carbons (Fsp3) is 0.211. The van der Waals surface area contributed by atoms with Crippen molar-refractivity contribution in [2.24, 2.45) is 5.73 Å². The molecule has 2 N–H and O–H groups in total.